The maximum absolute atomic E-state index is 4.21. The van der Waals surface area contributed by atoms with Crippen LogP contribution in [0.3, 0.4) is 0 Å². The molecule has 0 aliphatic heterocycles. The second-order valence-corrected chi connectivity index (χ2v) is 2.91. The molecular weight excluding hydrogens is 178 g/mol. The Kier molecular flexibility index (Phi) is 1.38. The van der Waals surface area contributed by atoms with Crippen molar-refractivity contribution in [2.45, 2.75) is 0 Å². The molecule has 0 saturated carbocycles. The van der Waals surface area contributed by atoms with Crippen LogP contribution in [0.1, 0.15) is 0 Å². The van der Waals surface area contributed by atoms with E-state index in [0.29, 0.717) is 5.65 Å². The second kappa shape index (κ2) is 2.66. The van der Waals surface area contributed by atoms with Crippen molar-refractivity contribution in [2.24, 2.45) is 0 Å². The van der Waals surface area contributed by atoms with Gasteiger partial charge in [0.05, 0.1) is 12.0 Å². The highest BCUT2D eigenvalue weighted by Gasteiger charge is 2.07. The Balaban J connectivity index is 2.36. The van der Waals surface area contributed by atoms with Gasteiger partial charge >= 0.3 is 0 Å². The lowest BCUT2D eigenvalue weighted by molar-refractivity contribution is 1.19. The third-order valence-electron chi connectivity index (χ3n) is 2.08. The Morgan fingerprint density at radius 2 is 2.07 bits per heavy atom. The Bertz CT molecular complexity index is 551. The molecule has 0 aromatic carbocycles. The molecule has 0 atom stereocenters. The molecule has 0 radical (unpaired) electrons. The topological polar surface area (TPSA) is 70.2 Å². The van der Waals surface area contributed by atoms with E-state index in [4.69, 9.17) is 0 Å². The monoisotopic (exact) mass is 185 g/mol. The first-order chi connectivity index (χ1) is 6.95. The summed E-state index contributed by atoms with van der Waals surface area (Å²) in [4.78, 5) is 18.4. The molecule has 0 fully saturated rings. The molecule has 0 spiro atoms. The van der Waals surface area contributed by atoms with Crippen molar-refractivity contribution >= 4 is 11.2 Å². The highest BCUT2D eigenvalue weighted by atomic mass is 15.0. The minimum Gasteiger partial charge on any atom is -0.360 e. The number of nitrogens with zero attached hydrogens (tertiary/aromatic N) is 3. The van der Waals surface area contributed by atoms with Crippen LogP contribution in [-0.4, -0.2) is 24.9 Å². The average molecular weight is 185 g/mol. The summed E-state index contributed by atoms with van der Waals surface area (Å²) in [7, 11) is 0. The summed E-state index contributed by atoms with van der Waals surface area (Å²) >= 11 is 0. The van der Waals surface area contributed by atoms with Gasteiger partial charge in [0.15, 0.2) is 5.65 Å². The standard InChI is InChI=1S/C9H7N5/c1-2-6(10-3-1)7-8-9(13-4-11-7)14-5-12-8/h1-5,10H,(H,11,12,13,14). The molecule has 0 unspecified atom stereocenters. The SMILES string of the molecule is c1c[nH]c(-c2ncnc3nc[nH]c23)c1. The van der Waals surface area contributed by atoms with E-state index in [1.165, 1.54) is 6.33 Å². The third-order valence-corrected chi connectivity index (χ3v) is 2.08. The first-order valence-electron chi connectivity index (χ1n) is 4.23. The summed E-state index contributed by atoms with van der Waals surface area (Å²) in [5.74, 6) is 0. The van der Waals surface area contributed by atoms with Crippen molar-refractivity contribution < 1.29 is 0 Å². The van der Waals surface area contributed by atoms with Gasteiger partial charge in [-0.2, -0.15) is 0 Å². The van der Waals surface area contributed by atoms with Crippen LogP contribution in [0.5, 0.6) is 0 Å². The predicted molar refractivity (Wildman–Crippen MR) is 51.5 cm³/mol. The van der Waals surface area contributed by atoms with Crippen LogP contribution in [0.4, 0.5) is 0 Å². The zero-order valence-corrected chi connectivity index (χ0v) is 7.23. The highest BCUT2D eigenvalue weighted by Crippen LogP contribution is 2.20. The molecule has 3 heterocycles. The number of hydrogen-bond acceptors (Lipinski definition) is 3. The van der Waals surface area contributed by atoms with Gasteiger partial charge in [-0.25, -0.2) is 15.0 Å². The summed E-state index contributed by atoms with van der Waals surface area (Å²) < 4.78 is 0. The first-order valence-corrected chi connectivity index (χ1v) is 4.23. The van der Waals surface area contributed by atoms with Crippen LogP contribution < -0.4 is 0 Å². The fraction of sp³-hybridized carbons (Fsp3) is 0. The van der Waals surface area contributed by atoms with E-state index in [1.807, 2.05) is 18.3 Å². The lowest BCUT2D eigenvalue weighted by Crippen LogP contribution is -1.87. The zero-order chi connectivity index (χ0) is 9.38. The summed E-state index contributed by atoms with van der Waals surface area (Å²) in [5.41, 5.74) is 3.35. The normalized spacial score (nSPS) is 10.9. The largest absolute Gasteiger partial charge is 0.360 e. The van der Waals surface area contributed by atoms with E-state index >= 15 is 0 Å². The minimum atomic E-state index is 0.685. The maximum Gasteiger partial charge on any atom is 0.181 e. The molecule has 0 amide bonds. The lowest BCUT2D eigenvalue weighted by atomic mass is 10.3. The van der Waals surface area contributed by atoms with E-state index in [9.17, 15) is 0 Å². The number of rotatable bonds is 1. The average Bonchev–Trinajstić information content (AvgIpc) is 2.88. The molecule has 0 saturated heterocycles. The van der Waals surface area contributed by atoms with Crippen molar-refractivity contribution in [1.82, 2.24) is 24.9 Å². The van der Waals surface area contributed by atoms with Crippen LogP contribution in [0.25, 0.3) is 22.6 Å². The predicted octanol–water partition coefficient (Wildman–Crippen LogP) is 1.35. The molecule has 68 valence electrons. The highest BCUT2D eigenvalue weighted by molar-refractivity contribution is 5.85. The first kappa shape index (κ1) is 7.25. The summed E-state index contributed by atoms with van der Waals surface area (Å²) in [6.45, 7) is 0. The number of H-pyrrole nitrogens is 2. The van der Waals surface area contributed by atoms with Crippen molar-refractivity contribution in [3.8, 4) is 11.4 Å². The number of nitrogens with one attached hydrogen (secondary N) is 2. The van der Waals surface area contributed by atoms with Crippen molar-refractivity contribution in [3.63, 3.8) is 0 Å². The molecule has 3 rings (SSSR count). The van der Waals surface area contributed by atoms with Gasteiger partial charge in [-0.3, -0.25) is 0 Å². The van der Waals surface area contributed by atoms with Crippen molar-refractivity contribution in [2.75, 3.05) is 0 Å². The molecular formula is C9H7N5. The molecule has 0 aliphatic rings. The molecule has 2 N–H and O–H groups in total. The maximum atomic E-state index is 4.21. The molecule has 0 aliphatic carbocycles. The Hall–Kier alpha value is -2.17. The summed E-state index contributed by atoms with van der Waals surface area (Å²) in [6, 6.07) is 3.89. The molecule has 3 aromatic rings. The van der Waals surface area contributed by atoms with Gasteiger partial charge < -0.3 is 9.97 Å². The van der Waals surface area contributed by atoms with E-state index < -0.39 is 0 Å². The molecule has 0 bridgehead atoms. The van der Waals surface area contributed by atoms with Gasteiger partial charge in [-0.1, -0.05) is 0 Å². The van der Waals surface area contributed by atoms with Gasteiger partial charge in [0, 0.05) is 6.20 Å². The number of fused-ring (bicyclic) bond motifs is 1. The van der Waals surface area contributed by atoms with Crippen molar-refractivity contribution in [3.05, 3.63) is 31.0 Å². The van der Waals surface area contributed by atoms with Crippen molar-refractivity contribution in [1.29, 1.82) is 0 Å². The minimum absolute atomic E-state index is 0.685. The van der Waals surface area contributed by atoms with E-state index in [1.54, 1.807) is 6.33 Å². The summed E-state index contributed by atoms with van der Waals surface area (Å²) in [5, 5.41) is 0. The molecule has 5 nitrogen and oxygen atoms in total. The van der Waals surface area contributed by atoms with E-state index in [0.717, 1.165) is 16.9 Å². The van der Waals surface area contributed by atoms with E-state index in [2.05, 4.69) is 24.9 Å². The van der Waals surface area contributed by atoms with E-state index in [-0.39, 0.29) is 0 Å². The van der Waals surface area contributed by atoms with Crippen LogP contribution >= 0.6 is 0 Å². The second-order valence-electron chi connectivity index (χ2n) is 2.91. The number of aromatic nitrogens is 5. The fourth-order valence-electron chi connectivity index (χ4n) is 1.45. The molecule has 14 heavy (non-hydrogen) atoms. The summed E-state index contributed by atoms with van der Waals surface area (Å²) in [6.07, 6.45) is 4.99. The smallest absolute Gasteiger partial charge is 0.181 e. The molecule has 5 heteroatoms. The van der Waals surface area contributed by atoms with Gasteiger partial charge in [0.1, 0.15) is 17.5 Å². The van der Waals surface area contributed by atoms with Crippen LogP contribution in [0, 0.1) is 0 Å². The van der Waals surface area contributed by atoms with Gasteiger partial charge in [0.25, 0.3) is 0 Å². The van der Waals surface area contributed by atoms with Gasteiger partial charge in [-0.15, -0.1) is 0 Å². The van der Waals surface area contributed by atoms with Crippen LogP contribution in [0.15, 0.2) is 31.0 Å². The number of aromatic amines is 2. The van der Waals surface area contributed by atoms with Crippen LogP contribution in [0.2, 0.25) is 0 Å². The Labute approximate surface area is 79.2 Å². The quantitative estimate of drug-likeness (QED) is 0.601. The third kappa shape index (κ3) is 0.922. The Morgan fingerprint density at radius 1 is 1.07 bits per heavy atom. The number of imidazole rings is 1. The lowest BCUT2D eigenvalue weighted by Gasteiger charge is -1.96. The zero-order valence-electron chi connectivity index (χ0n) is 7.23. The fourth-order valence-corrected chi connectivity index (χ4v) is 1.45. The van der Waals surface area contributed by atoms with Gasteiger partial charge in [0.2, 0.25) is 0 Å². The van der Waals surface area contributed by atoms with Gasteiger partial charge in [-0.05, 0) is 12.1 Å². The number of hydrogen-bond donors (Lipinski definition) is 2. The van der Waals surface area contributed by atoms with Crippen LogP contribution in [-0.2, 0) is 0 Å². The molecule has 3 aromatic heterocycles. The Morgan fingerprint density at radius 3 is 2.93 bits per heavy atom.